The number of piperidine rings is 1. The number of benzene rings is 1. The average molecular weight is 762 g/mol. The molecule has 0 bridgehead atoms. The first kappa shape index (κ1) is 48.4. The maximum absolute atomic E-state index is 12.6. The summed E-state index contributed by atoms with van der Waals surface area (Å²) in [5.74, 6) is -1.84. The van der Waals surface area contributed by atoms with Gasteiger partial charge in [-0.05, 0) is 74.8 Å². The third-order valence-corrected chi connectivity index (χ3v) is 10.2. The molecule has 1 aromatic rings. The lowest BCUT2D eigenvalue weighted by Crippen LogP contribution is -2.42. The van der Waals surface area contributed by atoms with Crippen molar-refractivity contribution in [3.8, 4) is 0 Å². The Morgan fingerprint density at radius 2 is 1.24 bits per heavy atom. The molecule has 1 aromatic carbocycles. The van der Waals surface area contributed by atoms with Crippen LogP contribution in [0.4, 0.5) is 0 Å². The largest absolute Gasteiger partial charge is 0.479 e. The molecule has 306 valence electrons. The van der Waals surface area contributed by atoms with E-state index in [0.717, 1.165) is 57.8 Å². The summed E-state index contributed by atoms with van der Waals surface area (Å²) >= 11 is 0. The molecule has 1 saturated carbocycles. The fourth-order valence-corrected chi connectivity index (χ4v) is 6.78. The van der Waals surface area contributed by atoms with Gasteiger partial charge in [0.1, 0.15) is 11.9 Å². The first-order chi connectivity index (χ1) is 25.6. The van der Waals surface area contributed by atoms with Crippen LogP contribution in [-0.2, 0) is 28.7 Å². The van der Waals surface area contributed by atoms with Gasteiger partial charge in [-0.3, -0.25) is 19.7 Å². The van der Waals surface area contributed by atoms with Crippen molar-refractivity contribution in [3.05, 3.63) is 35.4 Å². The van der Waals surface area contributed by atoms with E-state index in [1.165, 1.54) is 6.92 Å². The van der Waals surface area contributed by atoms with Crippen molar-refractivity contribution >= 4 is 35.5 Å². The summed E-state index contributed by atoms with van der Waals surface area (Å²) in [5, 5.41) is 28.4. The number of unbranched alkanes of at least 4 members (excludes halogenated alkanes) is 2. The minimum Gasteiger partial charge on any atom is -0.479 e. The number of ketones is 1. The Kier molecular flexibility index (Phi) is 23.5. The Hall–Kier alpha value is -3.64. The molecule has 0 aromatic heterocycles. The summed E-state index contributed by atoms with van der Waals surface area (Å²) < 4.78 is 11.0. The number of nitrogens with one attached hydrogen (secondary N) is 1. The number of aliphatic hydroxyl groups excluding tert-OH is 2. The van der Waals surface area contributed by atoms with Crippen molar-refractivity contribution in [1.82, 2.24) is 5.32 Å². The second-order valence-corrected chi connectivity index (χ2v) is 15.1. The molecule has 12 nitrogen and oxygen atoms in total. The van der Waals surface area contributed by atoms with E-state index in [0.29, 0.717) is 54.9 Å². The van der Waals surface area contributed by atoms with Gasteiger partial charge in [0, 0.05) is 24.7 Å². The summed E-state index contributed by atoms with van der Waals surface area (Å²) in [6.07, 6.45) is 9.10. The van der Waals surface area contributed by atoms with Crippen molar-refractivity contribution in [1.29, 1.82) is 0 Å². The highest BCUT2D eigenvalue weighted by atomic mass is 16.5. The molecule has 1 aliphatic carbocycles. The van der Waals surface area contributed by atoms with Crippen LogP contribution in [0.1, 0.15) is 153 Å². The molecule has 12 heteroatoms. The molecule has 1 aliphatic heterocycles. The number of rotatable bonds is 18. The van der Waals surface area contributed by atoms with E-state index in [1.807, 2.05) is 6.92 Å². The number of carbonyl (C=O) groups is 6. The average Bonchev–Trinajstić information content (AvgIpc) is 3.13. The quantitative estimate of drug-likeness (QED) is 0.0896. The molecule has 0 spiro atoms. The fraction of sp³-hybridized carbons (Fsp3) is 0.714. The summed E-state index contributed by atoms with van der Waals surface area (Å²) in [5.41, 5.74) is 0.582. The zero-order valence-corrected chi connectivity index (χ0v) is 33.6. The molecule has 4 N–H and O–H groups in total. The minimum atomic E-state index is -1.23. The van der Waals surface area contributed by atoms with E-state index in [-0.39, 0.29) is 48.2 Å². The zero-order valence-electron chi connectivity index (χ0n) is 33.6. The van der Waals surface area contributed by atoms with Gasteiger partial charge in [-0.2, -0.15) is 0 Å². The molecule has 54 heavy (non-hydrogen) atoms. The molecular formula is C42H67NO11. The van der Waals surface area contributed by atoms with Crippen LogP contribution in [0, 0.1) is 35.5 Å². The van der Waals surface area contributed by atoms with Crippen LogP contribution in [0.2, 0.25) is 0 Å². The number of imide groups is 1. The molecule has 1 saturated heterocycles. The van der Waals surface area contributed by atoms with Crippen LogP contribution in [-0.4, -0.2) is 76.2 Å². The number of amides is 2. The van der Waals surface area contributed by atoms with E-state index in [1.54, 1.807) is 24.3 Å². The maximum atomic E-state index is 12.6. The van der Waals surface area contributed by atoms with Gasteiger partial charge in [-0.15, -0.1) is 0 Å². The van der Waals surface area contributed by atoms with Crippen molar-refractivity contribution in [2.75, 3.05) is 13.2 Å². The molecule has 0 radical (unpaired) electrons. The van der Waals surface area contributed by atoms with Crippen molar-refractivity contribution in [2.45, 2.75) is 144 Å². The number of carboxylic acid groups (broad SMARTS) is 1. The highest BCUT2D eigenvalue weighted by Gasteiger charge is 2.38. The number of Topliss-reactive ketones (excluding diaryl/α,β-unsaturated/α-hetero) is 1. The molecule has 3 unspecified atom stereocenters. The lowest BCUT2D eigenvalue weighted by atomic mass is 9.71. The smallest absolute Gasteiger partial charge is 0.339 e. The predicted molar refractivity (Wildman–Crippen MR) is 205 cm³/mol. The van der Waals surface area contributed by atoms with Crippen LogP contribution in [0.25, 0.3) is 0 Å². The lowest BCUT2D eigenvalue weighted by molar-refractivity contribution is -0.145. The first-order valence-electron chi connectivity index (χ1n) is 20.0. The normalized spacial score (nSPS) is 20.8. The fourth-order valence-electron chi connectivity index (χ4n) is 6.78. The van der Waals surface area contributed by atoms with Crippen LogP contribution >= 0.6 is 0 Å². The monoisotopic (exact) mass is 761 g/mol. The number of aliphatic carboxylic acids is 1. The van der Waals surface area contributed by atoms with Crippen LogP contribution in [0.3, 0.4) is 0 Å². The first-order valence-corrected chi connectivity index (χ1v) is 20.0. The number of esters is 2. The number of ether oxygens (including phenoxy) is 2. The van der Waals surface area contributed by atoms with E-state index in [2.05, 4.69) is 39.9 Å². The standard InChI is InChI=1S/C24H38O4.C15H23NO4.C3H6O3/c1-5-9-13-19(7-3)17-27-23(25)21-15-11-12-16-22(21)24(26)28-18-20(8-4)14-10-6-2;1-8-3-9(2)15(20)11(4-8)12(17)5-10-6-13(18)16-14(19)7-10;1-2(4)3(5)6/h11-12,15-16,19-20H,5-10,13-14,17-18H2,1-4H3;8-12,17H,3-7H2,1-2H3,(H,16,18,19);2,4H,1H3,(H,5,6)/t;8-,9-,11-,12+;/m.0./s1. The van der Waals surface area contributed by atoms with Gasteiger partial charge in [-0.1, -0.05) is 92.2 Å². The minimum absolute atomic E-state index is 0.00492. The van der Waals surface area contributed by atoms with Gasteiger partial charge < -0.3 is 24.8 Å². The lowest BCUT2D eigenvalue weighted by Gasteiger charge is -2.34. The molecule has 1 heterocycles. The van der Waals surface area contributed by atoms with E-state index >= 15 is 0 Å². The number of carbonyl (C=O) groups excluding carboxylic acids is 5. The molecule has 3 rings (SSSR count). The Labute approximate surface area is 322 Å². The highest BCUT2D eigenvalue weighted by Crippen LogP contribution is 2.34. The van der Waals surface area contributed by atoms with Crippen molar-refractivity contribution < 1.29 is 53.6 Å². The Bertz CT molecular complexity index is 1260. The number of aliphatic hydroxyl groups is 2. The number of hydrogen-bond donors (Lipinski definition) is 4. The topological polar surface area (TPSA) is 194 Å². The van der Waals surface area contributed by atoms with Gasteiger partial charge in [0.15, 0.2) is 0 Å². The summed E-state index contributed by atoms with van der Waals surface area (Å²) in [6, 6.07) is 6.77. The second kappa shape index (κ2) is 26.2. The highest BCUT2D eigenvalue weighted by molar-refractivity contribution is 6.03. The maximum Gasteiger partial charge on any atom is 0.339 e. The summed E-state index contributed by atoms with van der Waals surface area (Å²) in [4.78, 5) is 69.4. The number of carboxylic acids is 1. The Balaban J connectivity index is 0.000000486. The van der Waals surface area contributed by atoms with Crippen LogP contribution < -0.4 is 5.32 Å². The Morgan fingerprint density at radius 3 is 1.63 bits per heavy atom. The van der Waals surface area contributed by atoms with Gasteiger partial charge in [-0.25, -0.2) is 14.4 Å². The number of hydrogen-bond acceptors (Lipinski definition) is 10. The van der Waals surface area contributed by atoms with E-state index in [9.17, 15) is 33.9 Å². The summed E-state index contributed by atoms with van der Waals surface area (Å²) in [6.45, 7) is 14.5. The Morgan fingerprint density at radius 1 is 0.796 bits per heavy atom. The third-order valence-electron chi connectivity index (χ3n) is 10.2. The third kappa shape index (κ3) is 18.1. The molecular weight excluding hydrogens is 694 g/mol. The van der Waals surface area contributed by atoms with Gasteiger partial charge in [0.2, 0.25) is 11.8 Å². The van der Waals surface area contributed by atoms with Gasteiger partial charge >= 0.3 is 17.9 Å². The van der Waals surface area contributed by atoms with Gasteiger partial charge in [0.05, 0.1) is 30.4 Å². The molecule has 2 fully saturated rings. The molecule has 2 aliphatic rings. The van der Waals surface area contributed by atoms with Crippen LogP contribution in [0.15, 0.2) is 24.3 Å². The molecule has 7 atom stereocenters. The predicted octanol–water partition coefficient (Wildman–Crippen LogP) is 6.93. The zero-order chi connectivity index (χ0) is 40.8. The van der Waals surface area contributed by atoms with E-state index in [4.69, 9.17) is 19.7 Å². The van der Waals surface area contributed by atoms with E-state index < -0.39 is 30.1 Å². The van der Waals surface area contributed by atoms with Crippen molar-refractivity contribution in [2.24, 2.45) is 35.5 Å². The molecule has 2 amide bonds. The summed E-state index contributed by atoms with van der Waals surface area (Å²) in [7, 11) is 0. The second-order valence-electron chi connectivity index (χ2n) is 15.1. The SMILES string of the molecule is CC(O)C(=O)O.CCCCC(CC)COC(=O)c1ccccc1C(=O)OCC(CC)CCCC.C[C@@H]1C[C@@H]([C@H](O)CC2CC(=O)NC(=O)C2)C(=O)[C@@H](C)C1. The van der Waals surface area contributed by atoms with Crippen LogP contribution in [0.5, 0.6) is 0 Å². The van der Waals surface area contributed by atoms with Crippen molar-refractivity contribution in [3.63, 3.8) is 0 Å². The van der Waals surface area contributed by atoms with Gasteiger partial charge in [0.25, 0.3) is 0 Å².